The fraction of sp³-hybridized carbons (Fsp3) is 0.833. The number of piperidine rings is 1. The van der Waals surface area contributed by atoms with Crippen molar-refractivity contribution in [2.45, 2.75) is 70.4 Å². The van der Waals surface area contributed by atoms with E-state index in [1.807, 2.05) is 0 Å². The van der Waals surface area contributed by atoms with Gasteiger partial charge in [-0.2, -0.15) is 0 Å². The predicted octanol–water partition coefficient (Wildman–Crippen LogP) is 2.62. The standard InChI is InChI=1S/C18H29NO6/c1-2-24-17(21)11-16(20)13-8-9-19(18(22)23)14(10-13)12-25-15-6-4-3-5-7-15/h13-15H,2-12H2,1H3,(H,22,23)/t13-,14-/m1/s1. The molecule has 0 radical (unpaired) electrons. The van der Waals surface area contributed by atoms with Crippen molar-refractivity contribution in [2.24, 2.45) is 5.92 Å². The van der Waals surface area contributed by atoms with Crippen LogP contribution in [-0.4, -0.2) is 59.8 Å². The number of esters is 1. The number of likely N-dealkylation sites (tertiary alicyclic amines) is 1. The van der Waals surface area contributed by atoms with Crippen molar-refractivity contribution in [3.63, 3.8) is 0 Å². The zero-order valence-electron chi connectivity index (χ0n) is 14.9. The highest BCUT2D eigenvalue weighted by molar-refractivity contribution is 5.96. The SMILES string of the molecule is CCOC(=O)CC(=O)[C@@H]1CCN(C(=O)O)[C@@H](COC2CCCCC2)C1. The third-order valence-corrected chi connectivity index (χ3v) is 5.12. The van der Waals surface area contributed by atoms with E-state index in [1.54, 1.807) is 6.92 Å². The van der Waals surface area contributed by atoms with Gasteiger partial charge >= 0.3 is 12.1 Å². The quantitative estimate of drug-likeness (QED) is 0.557. The molecule has 2 rings (SSSR count). The molecule has 0 spiro atoms. The van der Waals surface area contributed by atoms with E-state index in [4.69, 9.17) is 9.47 Å². The molecule has 1 aliphatic carbocycles. The van der Waals surface area contributed by atoms with Crippen LogP contribution in [0.1, 0.15) is 58.3 Å². The molecule has 2 atom stereocenters. The number of carbonyl (C=O) groups is 3. The third kappa shape index (κ3) is 5.99. The summed E-state index contributed by atoms with van der Waals surface area (Å²) in [5, 5.41) is 9.40. The average Bonchev–Trinajstić information content (AvgIpc) is 2.60. The van der Waals surface area contributed by atoms with Gasteiger partial charge in [-0.05, 0) is 32.6 Å². The Morgan fingerprint density at radius 3 is 2.48 bits per heavy atom. The van der Waals surface area contributed by atoms with Gasteiger partial charge in [-0.1, -0.05) is 19.3 Å². The molecule has 1 N–H and O–H groups in total. The summed E-state index contributed by atoms with van der Waals surface area (Å²) < 4.78 is 10.8. The Hall–Kier alpha value is -1.63. The molecular weight excluding hydrogens is 326 g/mol. The van der Waals surface area contributed by atoms with Crippen molar-refractivity contribution in [2.75, 3.05) is 19.8 Å². The largest absolute Gasteiger partial charge is 0.466 e. The van der Waals surface area contributed by atoms with Crippen molar-refractivity contribution in [1.29, 1.82) is 0 Å². The van der Waals surface area contributed by atoms with Crippen LogP contribution in [0.5, 0.6) is 0 Å². The Labute approximate surface area is 148 Å². The first-order chi connectivity index (χ1) is 12.0. The van der Waals surface area contributed by atoms with Crippen molar-refractivity contribution in [3.05, 3.63) is 0 Å². The summed E-state index contributed by atoms with van der Waals surface area (Å²) in [6, 6.07) is -0.329. The van der Waals surface area contributed by atoms with E-state index in [-0.39, 0.29) is 36.9 Å². The van der Waals surface area contributed by atoms with Gasteiger partial charge in [-0.25, -0.2) is 4.79 Å². The zero-order chi connectivity index (χ0) is 18.2. The lowest BCUT2D eigenvalue weighted by molar-refractivity contribution is -0.146. The van der Waals surface area contributed by atoms with Crippen LogP contribution in [0.2, 0.25) is 0 Å². The highest BCUT2D eigenvalue weighted by Gasteiger charge is 2.35. The van der Waals surface area contributed by atoms with Crippen LogP contribution < -0.4 is 0 Å². The third-order valence-electron chi connectivity index (χ3n) is 5.12. The normalized spacial score (nSPS) is 24.8. The number of carboxylic acid groups (broad SMARTS) is 1. The first-order valence-corrected chi connectivity index (χ1v) is 9.30. The summed E-state index contributed by atoms with van der Waals surface area (Å²) in [4.78, 5) is 36.7. The number of Topliss-reactive ketones (excluding diaryl/α,β-unsaturated/α-hetero) is 1. The molecule has 1 heterocycles. The van der Waals surface area contributed by atoms with Gasteiger partial charge in [0, 0.05) is 12.5 Å². The summed E-state index contributed by atoms with van der Waals surface area (Å²) >= 11 is 0. The number of nitrogens with zero attached hydrogens (tertiary/aromatic N) is 1. The maximum Gasteiger partial charge on any atom is 0.407 e. The van der Waals surface area contributed by atoms with E-state index in [0.29, 0.717) is 26.0 Å². The van der Waals surface area contributed by atoms with Gasteiger partial charge in [-0.3, -0.25) is 9.59 Å². The Morgan fingerprint density at radius 2 is 1.84 bits per heavy atom. The topological polar surface area (TPSA) is 93.1 Å². The Bertz CT molecular complexity index is 474. The van der Waals surface area contributed by atoms with Crippen molar-refractivity contribution in [1.82, 2.24) is 4.90 Å². The second-order valence-corrected chi connectivity index (χ2v) is 6.89. The van der Waals surface area contributed by atoms with E-state index in [9.17, 15) is 19.5 Å². The fourth-order valence-electron chi connectivity index (χ4n) is 3.73. The minimum atomic E-state index is -0.978. The Morgan fingerprint density at radius 1 is 1.12 bits per heavy atom. The molecule has 0 bridgehead atoms. The van der Waals surface area contributed by atoms with E-state index >= 15 is 0 Å². The first-order valence-electron chi connectivity index (χ1n) is 9.30. The van der Waals surface area contributed by atoms with Gasteiger partial charge < -0.3 is 19.5 Å². The maximum atomic E-state index is 12.3. The maximum absolute atomic E-state index is 12.3. The summed E-state index contributed by atoms with van der Waals surface area (Å²) in [7, 11) is 0. The molecule has 0 aromatic heterocycles. The number of hydrogen-bond donors (Lipinski definition) is 1. The number of ether oxygens (including phenoxy) is 2. The van der Waals surface area contributed by atoms with Crippen LogP contribution in [0.25, 0.3) is 0 Å². The van der Waals surface area contributed by atoms with Gasteiger partial charge in [0.2, 0.25) is 0 Å². The fourth-order valence-corrected chi connectivity index (χ4v) is 3.73. The molecule has 0 aromatic carbocycles. The second kappa shape index (κ2) is 9.75. The molecule has 2 aliphatic rings. The van der Waals surface area contributed by atoms with E-state index in [1.165, 1.54) is 11.3 Å². The smallest absolute Gasteiger partial charge is 0.407 e. The molecule has 7 heteroatoms. The summed E-state index contributed by atoms with van der Waals surface area (Å²) in [6.07, 6.45) is 5.42. The Kier molecular flexibility index (Phi) is 7.68. The molecule has 7 nitrogen and oxygen atoms in total. The van der Waals surface area contributed by atoms with Crippen molar-refractivity contribution in [3.8, 4) is 0 Å². The zero-order valence-corrected chi connectivity index (χ0v) is 14.9. The molecular formula is C18H29NO6. The molecule has 0 unspecified atom stereocenters. The minimum Gasteiger partial charge on any atom is -0.466 e. The van der Waals surface area contributed by atoms with E-state index in [2.05, 4.69) is 0 Å². The lowest BCUT2D eigenvalue weighted by Crippen LogP contribution is -2.49. The molecule has 1 saturated heterocycles. The van der Waals surface area contributed by atoms with Crippen LogP contribution in [-0.2, 0) is 19.1 Å². The van der Waals surface area contributed by atoms with Crippen LogP contribution in [0.15, 0.2) is 0 Å². The number of amides is 1. The highest BCUT2D eigenvalue weighted by atomic mass is 16.5. The second-order valence-electron chi connectivity index (χ2n) is 6.89. The number of carbonyl (C=O) groups excluding carboxylic acids is 2. The van der Waals surface area contributed by atoms with Crippen molar-refractivity contribution >= 4 is 17.8 Å². The number of rotatable bonds is 7. The Balaban J connectivity index is 1.89. The van der Waals surface area contributed by atoms with Gasteiger partial charge in [0.1, 0.15) is 12.2 Å². The van der Waals surface area contributed by atoms with Crippen LogP contribution in [0.4, 0.5) is 4.79 Å². The van der Waals surface area contributed by atoms with Gasteiger partial charge in [0.25, 0.3) is 0 Å². The highest BCUT2D eigenvalue weighted by Crippen LogP contribution is 2.27. The molecule has 142 valence electrons. The van der Waals surface area contributed by atoms with Crippen LogP contribution in [0, 0.1) is 5.92 Å². The predicted molar refractivity (Wildman–Crippen MR) is 90.3 cm³/mol. The van der Waals surface area contributed by atoms with Crippen LogP contribution in [0.3, 0.4) is 0 Å². The molecule has 2 fully saturated rings. The summed E-state index contributed by atoms with van der Waals surface area (Å²) in [6.45, 7) is 2.57. The molecule has 1 aliphatic heterocycles. The number of ketones is 1. The average molecular weight is 355 g/mol. The molecule has 1 amide bonds. The number of hydrogen-bond acceptors (Lipinski definition) is 5. The van der Waals surface area contributed by atoms with Gasteiger partial charge in [0.05, 0.1) is 25.4 Å². The van der Waals surface area contributed by atoms with E-state index in [0.717, 1.165) is 25.7 Å². The van der Waals surface area contributed by atoms with Crippen molar-refractivity contribution < 1.29 is 29.0 Å². The molecule has 25 heavy (non-hydrogen) atoms. The molecule has 1 saturated carbocycles. The van der Waals surface area contributed by atoms with E-state index < -0.39 is 12.1 Å². The summed E-state index contributed by atoms with van der Waals surface area (Å²) in [5.74, 6) is -0.978. The van der Waals surface area contributed by atoms with Crippen LogP contribution >= 0.6 is 0 Å². The monoisotopic (exact) mass is 355 g/mol. The van der Waals surface area contributed by atoms with Gasteiger partial charge in [-0.15, -0.1) is 0 Å². The molecule has 0 aromatic rings. The first kappa shape index (κ1) is 19.7. The van der Waals surface area contributed by atoms with Gasteiger partial charge in [0.15, 0.2) is 0 Å². The lowest BCUT2D eigenvalue weighted by atomic mass is 9.86. The summed E-state index contributed by atoms with van der Waals surface area (Å²) in [5.41, 5.74) is 0. The lowest BCUT2D eigenvalue weighted by Gasteiger charge is -2.38. The minimum absolute atomic E-state index is 0.161.